The number of aryl methyl sites for hydroxylation is 3. The number of rotatable bonds is 10. The summed E-state index contributed by atoms with van der Waals surface area (Å²) in [7, 11) is 0. The number of hydrogen-bond donors (Lipinski definition) is 0. The monoisotopic (exact) mass is 440 g/mol. The van der Waals surface area contributed by atoms with E-state index in [2.05, 4.69) is 90.9 Å². The number of benzene rings is 2. The van der Waals surface area contributed by atoms with Crippen molar-refractivity contribution in [2.24, 2.45) is 5.92 Å². The summed E-state index contributed by atoms with van der Waals surface area (Å²) in [5.74, 6) is 0.654. The Morgan fingerprint density at radius 2 is 1.52 bits per heavy atom. The van der Waals surface area contributed by atoms with Crippen molar-refractivity contribution < 1.29 is 0 Å². The highest BCUT2D eigenvalue weighted by Gasteiger charge is 2.16. The lowest BCUT2D eigenvalue weighted by atomic mass is 9.84. The molecular formula is C30H45Cl. The lowest BCUT2D eigenvalue weighted by Gasteiger charge is -2.21. The second kappa shape index (κ2) is 15.3. The molecule has 0 aliphatic carbocycles. The van der Waals surface area contributed by atoms with E-state index in [0.29, 0.717) is 5.92 Å². The van der Waals surface area contributed by atoms with Gasteiger partial charge < -0.3 is 0 Å². The van der Waals surface area contributed by atoms with E-state index in [1.165, 1.54) is 78.3 Å². The normalized spacial score (nSPS) is 12.3. The molecule has 0 saturated carbocycles. The van der Waals surface area contributed by atoms with Gasteiger partial charge in [-0.25, -0.2) is 0 Å². The minimum absolute atomic E-state index is 0.654. The molecule has 1 unspecified atom stereocenters. The molecule has 172 valence electrons. The van der Waals surface area contributed by atoms with Crippen molar-refractivity contribution in [3.8, 4) is 0 Å². The molecule has 1 atom stereocenters. The standard InChI is InChI=1S/C18H27Cl.C12H18/c1-6-9-10-15(7-2)16(8-3)17-11-13(4)12-18(19)14(17)5;1-3-5-6-12-9-7-11(4-2)8-10-12/h8,11-12,15H,6-7,9-10H2,1-5H3;7-10H,3-6H2,1-2H3/b16-8-;. The van der Waals surface area contributed by atoms with Crippen LogP contribution in [-0.4, -0.2) is 0 Å². The van der Waals surface area contributed by atoms with Crippen LogP contribution in [0, 0.1) is 19.8 Å². The third-order valence-corrected chi connectivity index (χ3v) is 6.59. The molecular weight excluding hydrogens is 396 g/mol. The lowest BCUT2D eigenvalue weighted by Crippen LogP contribution is -2.04. The van der Waals surface area contributed by atoms with Crippen LogP contribution in [-0.2, 0) is 12.8 Å². The van der Waals surface area contributed by atoms with Crippen molar-refractivity contribution in [2.75, 3.05) is 0 Å². The Kier molecular flexibility index (Phi) is 13.6. The van der Waals surface area contributed by atoms with Gasteiger partial charge in [0.1, 0.15) is 0 Å². The predicted molar refractivity (Wildman–Crippen MR) is 142 cm³/mol. The highest BCUT2D eigenvalue weighted by Crippen LogP contribution is 2.35. The summed E-state index contributed by atoms with van der Waals surface area (Å²) < 4.78 is 0. The fourth-order valence-corrected chi connectivity index (χ4v) is 4.35. The summed E-state index contributed by atoms with van der Waals surface area (Å²) in [6.07, 6.45) is 12.3. The summed E-state index contributed by atoms with van der Waals surface area (Å²) in [5.41, 5.74) is 8.20. The van der Waals surface area contributed by atoms with Crippen molar-refractivity contribution >= 4 is 17.2 Å². The van der Waals surface area contributed by atoms with Crippen LogP contribution >= 0.6 is 11.6 Å². The second-order valence-electron chi connectivity index (χ2n) is 8.68. The number of hydrogen-bond acceptors (Lipinski definition) is 0. The molecule has 0 saturated heterocycles. The van der Waals surface area contributed by atoms with Crippen LogP contribution in [0.15, 0.2) is 42.5 Å². The van der Waals surface area contributed by atoms with E-state index in [0.717, 1.165) is 11.4 Å². The van der Waals surface area contributed by atoms with Crippen LogP contribution in [0.25, 0.3) is 5.57 Å². The van der Waals surface area contributed by atoms with Crippen molar-refractivity contribution in [3.63, 3.8) is 0 Å². The van der Waals surface area contributed by atoms with Gasteiger partial charge in [-0.05, 0) is 98.2 Å². The van der Waals surface area contributed by atoms with E-state index in [9.17, 15) is 0 Å². The summed E-state index contributed by atoms with van der Waals surface area (Å²) in [6.45, 7) is 15.4. The Hall–Kier alpha value is -1.53. The molecule has 0 radical (unpaired) electrons. The van der Waals surface area contributed by atoms with Crippen LogP contribution in [0.1, 0.15) is 101 Å². The van der Waals surface area contributed by atoms with E-state index < -0.39 is 0 Å². The van der Waals surface area contributed by atoms with Gasteiger partial charge in [0, 0.05) is 5.02 Å². The molecule has 0 aromatic heterocycles. The van der Waals surface area contributed by atoms with Gasteiger partial charge in [0.2, 0.25) is 0 Å². The van der Waals surface area contributed by atoms with E-state index >= 15 is 0 Å². The minimum Gasteiger partial charge on any atom is -0.0840 e. The van der Waals surface area contributed by atoms with E-state index in [-0.39, 0.29) is 0 Å². The smallest absolute Gasteiger partial charge is 0.0443 e. The van der Waals surface area contributed by atoms with Crippen LogP contribution in [0.4, 0.5) is 0 Å². The third kappa shape index (κ3) is 9.24. The molecule has 0 aliphatic heterocycles. The summed E-state index contributed by atoms with van der Waals surface area (Å²) in [4.78, 5) is 0. The maximum Gasteiger partial charge on any atom is 0.0443 e. The van der Waals surface area contributed by atoms with Crippen LogP contribution < -0.4 is 0 Å². The van der Waals surface area contributed by atoms with Gasteiger partial charge in [0.25, 0.3) is 0 Å². The molecule has 1 heteroatoms. The third-order valence-electron chi connectivity index (χ3n) is 6.20. The van der Waals surface area contributed by atoms with Gasteiger partial charge in [-0.15, -0.1) is 0 Å². The number of halogens is 1. The Morgan fingerprint density at radius 1 is 0.903 bits per heavy atom. The highest BCUT2D eigenvalue weighted by atomic mass is 35.5. The Labute approximate surface area is 198 Å². The molecule has 0 heterocycles. The molecule has 0 bridgehead atoms. The first-order chi connectivity index (χ1) is 14.9. The topological polar surface area (TPSA) is 0 Å². The number of allylic oxidation sites excluding steroid dienone is 2. The molecule has 0 N–H and O–H groups in total. The summed E-state index contributed by atoms with van der Waals surface area (Å²) >= 11 is 6.35. The molecule has 0 spiro atoms. The zero-order chi connectivity index (χ0) is 23.2. The predicted octanol–water partition coefficient (Wildman–Crippen LogP) is 10.2. The number of unbranched alkanes of at least 4 members (excludes halogenated alkanes) is 2. The fraction of sp³-hybridized carbons (Fsp3) is 0.533. The molecule has 2 aromatic rings. The summed E-state index contributed by atoms with van der Waals surface area (Å²) in [5, 5.41) is 0.889. The van der Waals surface area contributed by atoms with Crippen molar-refractivity contribution in [2.45, 2.75) is 99.8 Å². The van der Waals surface area contributed by atoms with Gasteiger partial charge in [-0.3, -0.25) is 0 Å². The van der Waals surface area contributed by atoms with Crippen molar-refractivity contribution in [1.29, 1.82) is 0 Å². The fourth-order valence-electron chi connectivity index (χ4n) is 4.08. The average Bonchev–Trinajstić information content (AvgIpc) is 2.78. The van der Waals surface area contributed by atoms with Crippen LogP contribution in [0.5, 0.6) is 0 Å². The SMILES string of the molecule is C/C=C(\c1cc(C)cc(Cl)c1C)C(CC)CCCC.CCCCc1ccc(CC)cc1. The van der Waals surface area contributed by atoms with Crippen LogP contribution in [0.3, 0.4) is 0 Å². The zero-order valence-electron chi connectivity index (χ0n) is 21.2. The van der Waals surface area contributed by atoms with Gasteiger partial charge in [-0.2, -0.15) is 0 Å². The lowest BCUT2D eigenvalue weighted by molar-refractivity contribution is 0.553. The molecule has 0 amide bonds. The first kappa shape index (κ1) is 27.5. The second-order valence-corrected chi connectivity index (χ2v) is 9.09. The first-order valence-electron chi connectivity index (χ1n) is 12.4. The maximum atomic E-state index is 6.35. The van der Waals surface area contributed by atoms with E-state index in [1.807, 2.05) is 0 Å². The molecule has 0 nitrogen and oxygen atoms in total. The molecule has 31 heavy (non-hydrogen) atoms. The average molecular weight is 441 g/mol. The molecule has 0 fully saturated rings. The Balaban J connectivity index is 0.000000343. The van der Waals surface area contributed by atoms with Gasteiger partial charge in [0.05, 0.1) is 0 Å². The molecule has 2 rings (SSSR count). The van der Waals surface area contributed by atoms with Crippen molar-refractivity contribution in [1.82, 2.24) is 0 Å². The van der Waals surface area contributed by atoms with E-state index in [1.54, 1.807) is 0 Å². The zero-order valence-corrected chi connectivity index (χ0v) is 21.9. The van der Waals surface area contributed by atoms with Crippen molar-refractivity contribution in [3.05, 3.63) is 75.3 Å². The Bertz CT molecular complexity index is 783. The summed E-state index contributed by atoms with van der Waals surface area (Å²) in [6, 6.07) is 13.3. The largest absolute Gasteiger partial charge is 0.0840 e. The van der Waals surface area contributed by atoms with Gasteiger partial charge in [0.15, 0.2) is 0 Å². The minimum atomic E-state index is 0.654. The first-order valence-corrected chi connectivity index (χ1v) is 12.8. The Morgan fingerprint density at radius 3 is 2.03 bits per heavy atom. The van der Waals surface area contributed by atoms with Gasteiger partial charge in [-0.1, -0.05) is 95.0 Å². The quantitative estimate of drug-likeness (QED) is 0.344. The van der Waals surface area contributed by atoms with Crippen LogP contribution in [0.2, 0.25) is 5.02 Å². The highest BCUT2D eigenvalue weighted by molar-refractivity contribution is 6.31. The molecule has 0 aliphatic rings. The molecule has 2 aromatic carbocycles. The maximum absolute atomic E-state index is 6.35. The van der Waals surface area contributed by atoms with Gasteiger partial charge >= 0.3 is 0 Å². The van der Waals surface area contributed by atoms with E-state index in [4.69, 9.17) is 11.6 Å².